The van der Waals surface area contributed by atoms with Gasteiger partial charge < -0.3 is 5.11 Å². The van der Waals surface area contributed by atoms with Crippen molar-refractivity contribution in [2.45, 2.75) is 13.3 Å². The van der Waals surface area contributed by atoms with Crippen molar-refractivity contribution in [3.8, 4) is 0 Å². The monoisotopic (exact) mass is 152 g/mol. The largest absolute Gasteiger partial charge is 0.481 e. The summed E-state index contributed by atoms with van der Waals surface area (Å²) < 4.78 is 0. The number of rotatable bonds is 4. The summed E-state index contributed by atoms with van der Waals surface area (Å²) in [4.78, 5) is 10.2. The minimum Gasteiger partial charge on any atom is -0.481 e. The third-order valence-corrected chi connectivity index (χ3v) is 1.17. The molecule has 2 nitrogen and oxygen atoms in total. The Hall–Kier alpha value is -1.31. The molecule has 0 spiro atoms. The summed E-state index contributed by atoms with van der Waals surface area (Å²) in [5.41, 5.74) is 0.789. The molecule has 0 rings (SSSR count). The van der Waals surface area contributed by atoms with Gasteiger partial charge in [0, 0.05) is 0 Å². The third kappa shape index (κ3) is 5.15. The second-order valence-corrected chi connectivity index (χ2v) is 2.03. The van der Waals surface area contributed by atoms with Crippen LogP contribution in [-0.4, -0.2) is 11.1 Å². The van der Waals surface area contributed by atoms with E-state index in [4.69, 9.17) is 5.11 Å². The Kier molecular flexibility index (Phi) is 4.82. The molecule has 0 radical (unpaired) electrons. The Morgan fingerprint density at radius 1 is 1.64 bits per heavy atom. The first kappa shape index (κ1) is 9.69. The Morgan fingerprint density at radius 2 is 2.27 bits per heavy atom. The van der Waals surface area contributed by atoms with Crippen molar-refractivity contribution in [3.63, 3.8) is 0 Å². The molecular weight excluding hydrogens is 140 g/mol. The Bertz CT molecular complexity index is 200. The van der Waals surface area contributed by atoms with E-state index in [1.165, 1.54) is 0 Å². The van der Waals surface area contributed by atoms with Crippen LogP contribution in [0.3, 0.4) is 0 Å². The van der Waals surface area contributed by atoms with E-state index < -0.39 is 5.97 Å². The second kappa shape index (κ2) is 5.47. The van der Waals surface area contributed by atoms with Crippen molar-refractivity contribution in [2.75, 3.05) is 0 Å². The Balaban J connectivity index is 4.08. The minimum absolute atomic E-state index is 0.0703. The number of carbonyl (C=O) groups is 1. The van der Waals surface area contributed by atoms with Crippen LogP contribution in [0.2, 0.25) is 0 Å². The zero-order valence-corrected chi connectivity index (χ0v) is 6.58. The molecule has 0 aromatic rings. The number of aliphatic carboxylic acids is 1. The predicted octanol–water partition coefficient (Wildman–Crippen LogP) is 2.15. The average Bonchev–Trinajstić information content (AvgIpc) is 1.97. The molecule has 0 unspecified atom stereocenters. The first-order valence-corrected chi connectivity index (χ1v) is 3.36. The molecule has 1 N–H and O–H groups in total. The molecule has 2 heteroatoms. The molecule has 11 heavy (non-hydrogen) atoms. The SMILES string of the molecule is C=CC=CC(=CC)CC(=O)O. The van der Waals surface area contributed by atoms with Gasteiger partial charge in [-0.3, -0.25) is 4.79 Å². The summed E-state index contributed by atoms with van der Waals surface area (Å²) in [7, 11) is 0. The van der Waals surface area contributed by atoms with Crippen molar-refractivity contribution >= 4 is 5.97 Å². The van der Waals surface area contributed by atoms with Crippen molar-refractivity contribution < 1.29 is 9.90 Å². The lowest BCUT2D eigenvalue weighted by molar-refractivity contribution is -0.136. The third-order valence-electron chi connectivity index (χ3n) is 1.17. The van der Waals surface area contributed by atoms with Crippen LogP contribution >= 0.6 is 0 Å². The maximum absolute atomic E-state index is 10.2. The number of hydrogen-bond donors (Lipinski definition) is 1. The summed E-state index contributed by atoms with van der Waals surface area (Å²) in [6, 6.07) is 0. The topological polar surface area (TPSA) is 37.3 Å². The van der Waals surface area contributed by atoms with Gasteiger partial charge in [-0.1, -0.05) is 30.9 Å². The summed E-state index contributed by atoms with van der Waals surface area (Å²) in [5, 5.41) is 8.41. The first-order chi connectivity index (χ1) is 5.20. The van der Waals surface area contributed by atoms with Crippen LogP contribution in [0, 0.1) is 0 Å². The van der Waals surface area contributed by atoms with E-state index in [0.717, 1.165) is 5.57 Å². The van der Waals surface area contributed by atoms with E-state index in [1.807, 2.05) is 6.92 Å². The van der Waals surface area contributed by atoms with Crippen LogP contribution in [-0.2, 0) is 4.79 Å². The fraction of sp³-hybridized carbons (Fsp3) is 0.222. The van der Waals surface area contributed by atoms with Crippen LogP contribution < -0.4 is 0 Å². The fourth-order valence-electron chi connectivity index (χ4n) is 0.623. The van der Waals surface area contributed by atoms with Crippen LogP contribution in [0.25, 0.3) is 0 Å². The molecule has 0 amide bonds. The van der Waals surface area contributed by atoms with Gasteiger partial charge in [0.2, 0.25) is 0 Å². The molecule has 0 heterocycles. The van der Waals surface area contributed by atoms with E-state index in [-0.39, 0.29) is 6.42 Å². The molecule has 0 aliphatic heterocycles. The van der Waals surface area contributed by atoms with Gasteiger partial charge in [0.05, 0.1) is 6.42 Å². The molecule has 0 fully saturated rings. The minimum atomic E-state index is -0.813. The fourth-order valence-corrected chi connectivity index (χ4v) is 0.623. The molecule has 0 aliphatic rings. The molecule has 0 aliphatic carbocycles. The molecule has 0 atom stereocenters. The summed E-state index contributed by atoms with van der Waals surface area (Å²) in [5.74, 6) is -0.813. The highest BCUT2D eigenvalue weighted by Gasteiger charge is 1.97. The van der Waals surface area contributed by atoms with E-state index in [9.17, 15) is 4.79 Å². The zero-order valence-electron chi connectivity index (χ0n) is 6.58. The van der Waals surface area contributed by atoms with Crippen molar-refractivity contribution in [1.82, 2.24) is 0 Å². The molecule has 60 valence electrons. The number of hydrogen-bond acceptors (Lipinski definition) is 1. The highest BCUT2D eigenvalue weighted by Crippen LogP contribution is 2.02. The average molecular weight is 152 g/mol. The Morgan fingerprint density at radius 3 is 2.64 bits per heavy atom. The molecule has 0 bridgehead atoms. The highest BCUT2D eigenvalue weighted by atomic mass is 16.4. The van der Waals surface area contributed by atoms with Gasteiger partial charge in [-0.2, -0.15) is 0 Å². The molecule has 0 aromatic heterocycles. The van der Waals surface area contributed by atoms with E-state index in [2.05, 4.69) is 6.58 Å². The van der Waals surface area contributed by atoms with Crippen molar-refractivity contribution in [3.05, 3.63) is 36.5 Å². The van der Waals surface area contributed by atoms with Crippen LogP contribution in [0.5, 0.6) is 0 Å². The predicted molar refractivity (Wildman–Crippen MR) is 45.3 cm³/mol. The summed E-state index contributed by atoms with van der Waals surface area (Å²) in [6.07, 6.45) is 6.92. The van der Waals surface area contributed by atoms with Crippen LogP contribution in [0.4, 0.5) is 0 Å². The smallest absolute Gasteiger partial charge is 0.307 e. The van der Waals surface area contributed by atoms with Gasteiger partial charge in [0.1, 0.15) is 0 Å². The van der Waals surface area contributed by atoms with Crippen LogP contribution in [0.15, 0.2) is 36.5 Å². The number of carboxylic acid groups (broad SMARTS) is 1. The van der Waals surface area contributed by atoms with E-state index >= 15 is 0 Å². The van der Waals surface area contributed by atoms with Crippen LogP contribution in [0.1, 0.15) is 13.3 Å². The lowest BCUT2D eigenvalue weighted by Crippen LogP contribution is -1.94. The van der Waals surface area contributed by atoms with Gasteiger partial charge in [0.25, 0.3) is 0 Å². The lowest BCUT2D eigenvalue weighted by atomic mass is 10.1. The zero-order chi connectivity index (χ0) is 8.69. The molecule has 0 aromatic carbocycles. The van der Waals surface area contributed by atoms with Crippen molar-refractivity contribution in [1.29, 1.82) is 0 Å². The van der Waals surface area contributed by atoms with E-state index in [1.54, 1.807) is 24.3 Å². The molecule has 0 saturated carbocycles. The van der Waals surface area contributed by atoms with E-state index in [0.29, 0.717) is 0 Å². The number of allylic oxidation sites excluding steroid dienone is 4. The van der Waals surface area contributed by atoms with Gasteiger partial charge in [-0.15, -0.1) is 0 Å². The Labute approximate surface area is 66.5 Å². The summed E-state index contributed by atoms with van der Waals surface area (Å²) in [6.45, 7) is 5.30. The van der Waals surface area contributed by atoms with Gasteiger partial charge in [-0.25, -0.2) is 0 Å². The van der Waals surface area contributed by atoms with Gasteiger partial charge in [0.15, 0.2) is 0 Å². The maximum atomic E-state index is 10.2. The number of carboxylic acids is 1. The lowest BCUT2D eigenvalue weighted by Gasteiger charge is -1.93. The second-order valence-electron chi connectivity index (χ2n) is 2.03. The van der Waals surface area contributed by atoms with Gasteiger partial charge in [-0.05, 0) is 12.5 Å². The molecular formula is C9H12O2. The normalized spacial score (nSPS) is 11.9. The standard InChI is InChI=1S/C9H12O2/c1-3-5-6-8(4-2)7-9(10)11/h3-6H,1,7H2,2H3,(H,10,11). The summed E-state index contributed by atoms with van der Waals surface area (Å²) >= 11 is 0. The first-order valence-electron chi connectivity index (χ1n) is 3.36. The van der Waals surface area contributed by atoms with Crippen molar-refractivity contribution in [2.24, 2.45) is 0 Å². The molecule has 0 saturated heterocycles. The maximum Gasteiger partial charge on any atom is 0.307 e. The quantitative estimate of drug-likeness (QED) is 0.627. The highest BCUT2D eigenvalue weighted by molar-refractivity contribution is 5.70. The van der Waals surface area contributed by atoms with Gasteiger partial charge >= 0.3 is 5.97 Å².